The predicted molar refractivity (Wildman–Crippen MR) is 112 cm³/mol. The zero-order valence-corrected chi connectivity index (χ0v) is 17.1. The van der Waals surface area contributed by atoms with Crippen LogP contribution in [0.5, 0.6) is 0 Å². The summed E-state index contributed by atoms with van der Waals surface area (Å²) >= 11 is 12.3. The maximum atomic E-state index is 12.8. The van der Waals surface area contributed by atoms with E-state index in [0.29, 0.717) is 27.0 Å². The monoisotopic (exact) mass is 426 g/mol. The average molecular weight is 427 g/mol. The summed E-state index contributed by atoms with van der Waals surface area (Å²) in [6, 6.07) is 12.3. The molecule has 4 aromatic rings. The highest BCUT2D eigenvalue weighted by molar-refractivity contribution is 6.32. The number of hydrogen-bond acceptors (Lipinski definition) is 4. The third-order valence-electron chi connectivity index (χ3n) is 4.45. The first kappa shape index (κ1) is 19.2. The Morgan fingerprint density at radius 3 is 2.45 bits per heavy atom. The van der Waals surface area contributed by atoms with Crippen molar-refractivity contribution in [2.24, 2.45) is 0 Å². The first-order chi connectivity index (χ1) is 13.9. The van der Waals surface area contributed by atoms with Gasteiger partial charge in [-0.05, 0) is 56.3 Å². The number of benzene rings is 2. The number of anilines is 1. The molecule has 2 aromatic heterocycles. The van der Waals surface area contributed by atoms with Crippen LogP contribution in [0.3, 0.4) is 0 Å². The van der Waals surface area contributed by atoms with Gasteiger partial charge in [0.1, 0.15) is 12.7 Å². The molecule has 0 spiro atoms. The number of carbonyl (C=O) groups excluding carboxylic acids is 1. The average Bonchev–Trinajstić information content (AvgIpc) is 3.33. The number of rotatable bonds is 4. The molecule has 1 N–H and O–H groups in total. The van der Waals surface area contributed by atoms with Gasteiger partial charge < -0.3 is 5.32 Å². The molecular weight excluding hydrogens is 411 g/mol. The van der Waals surface area contributed by atoms with Gasteiger partial charge in [-0.15, -0.1) is 0 Å². The number of nitrogens with one attached hydrogen (secondary N) is 1. The van der Waals surface area contributed by atoms with E-state index in [4.69, 9.17) is 23.2 Å². The van der Waals surface area contributed by atoms with Crippen LogP contribution in [0.1, 0.15) is 21.7 Å². The molecule has 0 aliphatic heterocycles. The number of aromatic nitrogens is 5. The van der Waals surface area contributed by atoms with Gasteiger partial charge in [-0.2, -0.15) is 10.2 Å². The molecule has 0 aliphatic rings. The molecule has 0 saturated carbocycles. The van der Waals surface area contributed by atoms with Gasteiger partial charge in [0, 0.05) is 10.6 Å². The first-order valence-corrected chi connectivity index (χ1v) is 9.47. The summed E-state index contributed by atoms with van der Waals surface area (Å²) in [6.45, 7) is 3.75. The highest BCUT2D eigenvalue weighted by atomic mass is 35.5. The van der Waals surface area contributed by atoms with E-state index < -0.39 is 0 Å². The molecule has 146 valence electrons. The molecule has 7 nitrogen and oxygen atoms in total. The van der Waals surface area contributed by atoms with Gasteiger partial charge in [0.2, 0.25) is 0 Å². The molecule has 0 bridgehead atoms. The van der Waals surface area contributed by atoms with Crippen LogP contribution in [0.2, 0.25) is 10.0 Å². The Kier molecular flexibility index (Phi) is 5.08. The maximum absolute atomic E-state index is 12.8. The summed E-state index contributed by atoms with van der Waals surface area (Å²) in [5.41, 5.74) is 4.10. The number of hydrogen-bond donors (Lipinski definition) is 1. The van der Waals surface area contributed by atoms with Crippen LogP contribution in [-0.4, -0.2) is 30.5 Å². The van der Waals surface area contributed by atoms with Gasteiger partial charge in [-0.3, -0.25) is 4.79 Å². The highest BCUT2D eigenvalue weighted by Gasteiger charge is 2.14. The van der Waals surface area contributed by atoms with E-state index in [9.17, 15) is 4.79 Å². The molecule has 2 heterocycles. The summed E-state index contributed by atoms with van der Waals surface area (Å²) in [4.78, 5) is 16.7. The molecule has 29 heavy (non-hydrogen) atoms. The number of amides is 1. The second kappa shape index (κ2) is 7.69. The van der Waals surface area contributed by atoms with E-state index in [-0.39, 0.29) is 5.91 Å². The summed E-state index contributed by atoms with van der Waals surface area (Å²) in [5.74, 6) is -0.272. The zero-order chi connectivity index (χ0) is 20.5. The molecule has 4 rings (SSSR count). The fraction of sp³-hybridized carbons (Fsp3) is 0.100. The minimum absolute atomic E-state index is 0.272. The van der Waals surface area contributed by atoms with Crippen LogP contribution < -0.4 is 5.32 Å². The fourth-order valence-electron chi connectivity index (χ4n) is 2.96. The van der Waals surface area contributed by atoms with Gasteiger partial charge in [0.25, 0.3) is 5.91 Å². The Morgan fingerprint density at radius 2 is 1.83 bits per heavy atom. The summed E-state index contributed by atoms with van der Waals surface area (Å²) in [7, 11) is 0. The van der Waals surface area contributed by atoms with E-state index >= 15 is 0 Å². The Bertz CT molecular complexity index is 1180. The summed E-state index contributed by atoms with van der Waals surface area (Å²) < 4.78 is 3.31. The number of nitrogens with zero attached hydrogens (tertiary/aromatic N) is 5. The summed E-state index contributed by atoms with van der Waals surface area (Å²) in [6.07, 6.45) is 2.97. The van der Waals surface area contributed by atoms with Crippen LogP contribution in [0, 0.1) is 13.8 Å². The second-order valence-corrected chi connectivity index (χ2v) is 7.21. The fourth-order valence-corrected chi connectivity index (χ4v) is 3.25. The van der Waals surface area contributed by atoms with E-state index in [2.05, 4.69) is 20.5 Å². The van der Waals surface area contributed by atoms with Crippen molar-refractivity contribution in [3.8, 4) is 11.4 Å². The molecule has 0 atom stereocenters. The van der Waals surface area contributed by atoms with E-state index in [1.807, 2.05) is 26.0 Å². The number of carbonyl (C=O) groups is 1. The topological polar surface area (TPSA) is 77.6 Å². The number of aryl methyl sites for hydroxylation is 1. The van der Waals surface area contributed by atoms with Crippen molar-refractivity contribution >= 4 is 34.8 Å². The van der Waals surface area contributed by atoms with Crippen LogP contribution >= 0.6 is 23.2 Å². The van der Waals surface area contributed by atoms with Gasteiger partial charge >= 0.3 is 0 Å². The predicted octanol–water partition coefficient (Wildman–Crippen LogP) is 4.63. The van der Waals surface area contributed by atoms with Gasteiger partial charge in [0.15, 0.2) is 0 Å². The molecule has 0 unspecified atom stereocenters. The quantitative estimate of drug-likeness (QED) is 0.515. The molecule has 0 fully saturated rings. The third-order valence-corrected chi connectivity index (χ3v) is 5.23. The Hall–Kier alpha value is -3.16. The largest absolute Gasteiger partial charge is 0.320 e. The van der Waals surface area contributed by atoms with Crippen LogP contribution in [0.15, 0.2) is 55.1 Å². The van der Waals surface area contributed by atoms with Crippen molar-refractivity contribution in [3.63, 3.8) is 0 Å². The molecule has 0 aliphatic carbocycles. The smallest absolute Gasteiger partial charge is 0.255 e. The van der Waals surface area contributed by atoms with Gasteiger partial charge in [-0.25, -0.2) is 14.3 Å². The molecule has 0 radical (unpaired) electrons. The lowest BCUT2D eigenvalue weighted by Gasteiger charge is -2.12. The normalized spacial score (nSPS) is 10.9. The van der Waals surface area contributed by atoms with E-state index in [1.54, 1.807) is 46.0 Å². The molecule has 0 saturated heterocycles. The third kappa shape index (κ3) is 3.74. The van der Waals surface area contributed by atoms with Crippen molar-refractivity contribution in [1.29, 1.82) is 0 Å². The minimum atomic E-state index is -0.272. The Balaban J connectivity index is 1.60. The van der Waals surface area contributed by atoms with Crippen LogP contribution in [0.4, 0.5) is 5.69 Å². The highest BCUT2D eigenvalue weighted by Crippen LogP contribution is 2.25. The SMILES string of the molecule is Cc1nn(-c2ccc(C(=O)Nc3cc(Cl)ccc3-n3cncn3)cc2)c(C)c1Cl. The standard InChI is InChI=1S/C20H16Cl2N6O/c1-12-19(22)13(2)28(26-12)16-6-3-14(4-7-16)20(29)25-17-9-15(21)5-8-18(17)27-11-23-10-24-27/h3-11H,1-2H3,(H,25,29). The van der Waals surface area contributed by atoms with Crippen molar-refractivity contribution < 1.29 is 4.79 Å². The van der Waals surface area contributed by atoms with Crippen molar-refractivity contribution in [3.05, 3.63) is 82.1 Å². The van der Waals surface area contributed by atoms with Gasteiger partial charge in [-0.1, -0.05) is 23.2 Å². The molecule has 2 aromatic carbocycles. The summed E-state index contributed by atoms with van der Waals surface area (Å²) in [5, 5.41) is 12.6. The van der Waals surface area contributed by atoms with Crippen molar-refractivity contribution in [2.75, 3.05) is 5.32 Å². The minimum Gasteiger partial charge on any atom is -0.320 e. The molecule has 9 heteroatoms. The first-order valence-electron chi connectivity index (χ1n) is 8.72. The van der Waals surface area contributed by atoms with E-state index in [1.165, 1.54) is 6.33 Å². The van der Waals surface area contributed by atoms with Crippen molar-refractivity contribution in [2.45, 2.75) is 13.8 Å². The van der Waals surface area contributed by atoms with Crippen LogP contribution in [0.25, 0.3) is 11.4 Å². The number of halogens is 2. The lowest BCUT2D eigenvalue weighted by atomic mass is 10.1. The van der Waals surface area contributed by atoms with E-state index in [0.717, 1.165) is 17.1 Å². The maximum Gasteiger partial charge on any atom is 0.255 e. The van der Waals surface area contributed by atoms with Crippen molar-refractivity contribution in [1.82, 2.24) is 24.5 Å². The zero-order valence-electron chi connectivity index (χ0n) is 15.6. The Morgan fingerprint density at radius 1 is 1.07 bits per heavy atom. The lowest BCUT2D eigenvalue weighted by Crippen LogP contribution is -2.14. The molecular formula is C20H16Cl2N6O. The molecule has 1 amide bonds. The second-order valence-electron chi connectivity index (χ2n) is 6.40. The Labute approximate surface area is 176 Å². The van der Waals surface area contributed by atoms with Gasteiger partial charge in [0.05, 0.1) is 33.5 Å². The lowest BCUT2D eigenvalue weighted by molar-refractivity contribution is 0.102. The van der Waals surface area contributed by atoms with Crippen LogP contribution in [-0.2, 0) is 0 Å².